The van der Waals surface area contributed by atoms with Crippen LogP contribution >= 0.6 is 0 Å². The average Bonchev–Trinajstić information content (AvgIpc) is 2.29. The lowest BCUT2D eigenvalue weighted by Crippen LogP contribution is -2.33. The van der Waals surface area contributed by atoms with Crippen molar-refractivity contribution < 1.29 is 0 Å². The number of likely N-dealkylation sites (tertiary alicyclic amines) is 1. The van der Waals surface area contributed by atoms with Crippen LogP contribution in [0.3, 0.4) is 0 Å². The van der Waals surface area contributed by atoms with Crippen LogP contribution in [-0.4, -0.2) is 37.1 Å². The fraction of sp³-hybridized carbons (Fsp3) is 1.00. The van der Waals surface area contributed by atoms with E-state index in [9.17, 15) is 0 Å². The normalized spacial score (nSPS) is 20.4. The van der Waals surface area contributed by atoms with Crippen molar-refractivity contribution in [3.63, 3.8) is 0 Å². The summed E-state index contributed by atoms with van der Waals surface area (Å²) in [6.45, 7) is 9.61. The third-order valence-electron chi connectivity index (χ3n) is 3.46. The highest BCUT2D eigenvalue weighted by Crippen LogP contribution is 2.10. The van der Waals surface area contributed by atoms with Gasteiger partial charge in [-0.25, -0.2) is 0 Å². The Morgan fingerprint density at radius 2 is 1.87 bits per heavy atom. The largest absolute Gasteiger partial charge is 0.314 e. The lowest BCUT2D eigenvalue weighted by atomic mass is 10.1. The first-order valence-electron chi connectivity index (χ1n) is 6.82. The maximum atomic E-state index is 3.55. The minimum Gasteiger partial charge on any atom is -0.314 e. The van der Waals surface area contributed by atoms with Crippen LogP contribution in [0.25, 0.3) is 0 Å². The van der Waals surface area contributed by atoms with Gasteiger partial charge >= 0.3 is 0 Å². The first-order valence-corrected chi connectivity index (χ1v) is 6.82. The molecule has 0 spiro atoms. The molecule has 1 saturated heterocycles. The van der Waals surface area contributed by atoms with Gasteiger partial charge < -0.3 is 10.2 Å². The van der Waals surface area contributed by atoms with E-state index in [1.807, 2.05) is 0 Å². The van der Waals surface area contributed by atoms with E-state index < -0.39 is 0 Å². The van der Waals surface area contributed by atoms with Crippen molar-refractivity contribution in [1.82, 2.24) is 10.2 Å². The zero-order chi connectivity index (χ0) is 10.9. The summed E-state index contributed by atoms with van der Waals surface area (Å²) in [4.78, 5) is 2.64. The predicted octanol–water partition coefficient (Wildman–Crippen LogP) is 2.64. The zero-order valence-corrected chi connectivity index (χ0v) is 10.6. The molecule has 0 saturated carbocycles. The Labute approximate surface area is 95.4 Å². The van der Waals surface area contributed by atoms with Gasteiger partial charge in [-0.3, -0.25) is 0 Å². The van der Waals surface area contributed by atoms with E-state index in [0.29, 0.717) is 0 Å². The standard InChI is InChI=1S/C13H28N2/c1-3-13(14-4-2)9-8-12-15-10-6-5-7-11-15/h13-14H,3-12H2,1-2H3. The number of nitrogens with zero attached hydrogens (tertiary/aromatic N) is 1. The van der Waals surface area contributed by atoms with Crippen LogP contribution in [0, 0.1) is 0 Å². The van der Waals surface area contributed by atoms with Gasteiger partial charge in [0.1, 0.15) is 0 Å². The van der Waals surface area contributed by atoms with Crippen molar-refractivity contribution in [3.05, 3.63) is 0 Å². The summed E-state index contributed by atoms with van der Waals surface area (Å²) in [6, 6.07) is 0.750. The molecule has 90 valence electrons. The molecule has 2 heteroatoms. The zero-order valence-electron chi connectivity index (χ0n) is 10.6. The van der Waals surface area contributed by atoms with Gasteiger partial charge in [0.25, 0.3) is 0 Å². The average molecular weight is 212 g/mol. The van der Waals surface area contributed by atoms with Gasteiger partial charge in [-0.15, -0.1) is 0 Å². The number of hydrogen-bond acceptors (Lipinski definition) is 2. The highest BCUT2D eigenvalue weighted by Gasteiger charge is 2.10. The molecule has 0 aromatic rings. The molecule has 0 bridgehead atoms. The first kappa shape index (κ1) is 13.0. The van der Waals surface area contributed by atoms with Gasteiger partial charge in [0, 0.05) is 6.04 Å². The summed E-state index contributed by atoms with van der Waals surface area (Å²) >= 11 is 0. The molecule has 0 aliphatic carbocycles. The van der Waals surface area contributed by atoms with Crippen LogP contribution in [0.1, 0.15) is 52.4 Å². The van der Waals surface area contributed by atoms with Gasteiger partial charge in [0.05, 0.1) is 0 Å². The summed E-state index contributed by atoms with van der Waals surface area (Å²) in [5, 5.41) is 3.55. The van der Waals surface area contributed by atoms with Gasteiger partial charge in [-0.1, -0.05) is 20.3 Å². The van der Waals surface area contributed by atoms with Crippen LogP contribution in [0.4, 0.5) is 0 Å². The molecule has 1 fully saturated rings. The highest BCUT2D eigenvalue weighted by molar-refractivity contribution is 4.68. The predicted molar refractivity (Wildman–Crippen MR) is 67.3 cm³/mol. The Balaban J connectivity index is 2.03. The molecule has 1 aliphatic heterocycles. The molecule has 0 aromatic heterocycles. The molecular weight excluding hydrogens is 184 g/mol. The monoisotopic (exact) mass is 212 g/mol. The second-order valence-corrected chi connectivity index (χ2v) is 4.71. The van der Waals surface area contributed by atoms with E-state index >= 15 is 0 Å². The summed E-state index contributed by atoms with van der Waals surface area (Å²) < 4.78 is 0. The molecule has 1 unspecified atom stereocenters. The SMILES string of the molecule is CCNC(CC)CCCN1CCCCC1. The minimum absolute atomic E-state index is 0.750. The molecule has 1 heterocycles. The molecule has 1 rings (SSSR count). The van der Waals surface area contributed by atoms with Crippen molar-refractivity contribution in [2.45, 2.75) is 58.4 Å². The van der Waals surface area contributed by atoms with Crippen molar-refractivity contribution >= 4 is 0 Å². The minimum atomic E-state index is 0.750. The lowest BCUT2D eigenvalue weighted by Gasteiger charge is -2.27. The van der Waals surface area contributed by atoms with Gasteiger partial charge in [-0.2, -0.15) is 0 Å². The second-order valence-electron chi connectivity index (χ2n) is 4.71. The summed E-state index contributed by atoms with van der Waals surface area (Å²) in [5.41, 5.74) is 0. The Kier molecular flexibility index (Phi) is 7.03. The van der Waals surface area contributed by atoms with Gasteiger partial charge in [0.15, 0.2) is 0 Å². The fourth-order valence-corrected chi connectivity index (χ4v) is 2.48. The van der Waals surface area contributed by atoms with Gasteiger partial charge in [0.2, 0.25) is 0 Å². The Morgan fingerprint density at radius 1 is 1.13 bits per heavy atom. The van der Waals surface area contributed by atoms with E-state index in [2.05, 4.69) is 24.1 Å². The molecule has 0 aromatic carbocycles. The number of piperidine rings is 1. The molecule has 1 N–H and O–H groups in total. The smallest absolute Gasteiger partial charge is 0.00647 e. The van der Waals surface area contributed by atoms with Crippen LogP contribution in [0.2, 0.25) is 0 Å². The van der Waals surface area contributed by atoms with Crippen LogP contribution in [-0.2, 0) is 0 Å². The van der Waals surface area contributed by atoms with Crippen molar-refractivity contribution in [2.24, 2.45) is 0 Å². The van der Waals surface area contributed by atoms with E-state index in [1.54, 1.807) is 0 Å². The summed E-state index contributed by atoms with van der Waals surface area (Å²) in [7, 11) is 0. The van der Waals surface area contributed by atoms with Crippen LogP contribution < -0.4 is 5.32 Å². The molecular formula is C13H28N2. The van der Waals surface area contributed by atoms with E-state index in [-0.39, 0.29) is 0 Å². The quantitative estimate of drug-likeness (QED) is 0.698. The third-order valence-corrected chi connectivity index (χ3v) is 3.46. The summed E-state index contributed by atoms with van der Waals surface area (Å²) in [5.74, 6) is 0. The fourth-order valence-electron chi connectivity index (χ4n) is 2.48. The molecule has 0 radical (unpaired) electrons. The van der Waals surface area contributed by atoms with E-state index in [4.69, 9.17) is 0 Å². The van der Waals surface area contributed by atoms with Crippen molar-refractivity contribution in [2.75, 3.05) is 26.2 Å². The highest BCUT2D eigenvalue weighted by atomic mass is 15.1. The van der Waals surface area contributed by atoms with E-state index in [0.717, 1.165) is 12.6 Å². The molecule has 1 aliphatic rings. The molecule has 2 nitrogen and oxygen atoms in total. The van der Waals surface area contributed by atoms with Gasteiger partial charge in [-0.05, 0) is 58.3 Å². The van der Waals surface area contributed by atoms with Crippen molar-refractivity contribution in [3.8, 4) is 0 Å². The Hall–Kier alpha value is -0.0800. The van der Waals surface area contributed by atoms with Crippen molar-refractivity contribution in [1.29, 1.82) is 0 Å². The molecule has 15 heavy (non-hydrogen) atoms. The first-order chi connectivity index (χ1) is 7.36. The third kappa shape index (κ3) is 5.53. The number of rotatable bonds is 7. The molecule has 0 amide bonds. The number of hydrogen-bond donors (Lipinski definition) is 1. The topological polar surface area (TPSA) is 15.3 Å². The lowest BCUT2D eigenvalue weighted by molar-refractivity contribution is 0.221. The second kappa shape index (κ2) is 8.12. The number of nitrogens with one attached hydrogen (secondary N) is 1. The van der Waals surface area contributed by atoms with E-state index in [1.165, 1.54) is 58.2 Å². The summed E-state index contributed by atoms with van der Waals surface area (Å²) in [6.07, 6.45) is 8.28. The van der Waals surface area contributed by atoms with Crippen LogP contribution in [0.5, 0.6) is 0 Å². The molecule has 1 atom stereocenters. The Bertz CT molecular complexity index is 137. The Morgan fingerprint density at radius 3 is 2.47 bits per heavy atom. The van der Waals surface area contributed by atoms with Crippen LogP contribution in [0.15, 0.2) is 0 Å². The maximum absolute atomic E-state index is 3.55. The maximum Gasteiger partial charge on any atom is 0.00647 e.